The zero-order chi connectivity index (χ0) is 13.1. The van der Waals surface area contributed by atoms with Crippen LogP contribution in [0.1, 0.15) is 16.8 Å². The van der Waals surface area contributed by atoms with E-state index < -0.39 is 0 Å². The smallest absolute Gasteiger partial charge is 0.0419 e. The summed E-state index contributed by atoms with van der Waals surface area (Å²) in [6, 6.07) is 15.5. The van der Waals surface area contributed by atoms with Crippen LogP contribution in [0.4, 0.5) is 0 Å². The van der Waals surface area contributed by atoms with Crippen LogP contribution >= 0.6 is 0 Å². The van der Waals surface area contributed by atoms with Gasteiger partial charge in [-0.1, -0.05) is 30.3 Å². The number of hydrogen-bond donors (Lipinski definition) is 1. The first-order valence-corrected chi connectivity index (χ1v) is 7.01. The van der Waals surface area contributed by atoms with Gasteiger partial charge in [-0.2, -0.15) is 0 Å². The quantitative estimate of drug-likeness (QED) is 0.905. The van der Waals surface area contributed by atoms with Crippen molar-refractivity contribution in [2.75, 3.05) is 7.05 Å². The topological polar surface area (TPSA) is 24.9 Å². The van der Waals surface area contributed by atoms with Crippen molar-refractivity contribution in [1.82, 2.24) is 10.3 Å². The molecule has 19 heavy (non-hydrogen) atoms. The van der Waals surface area contributed by atoms with E-state index in [2.05, 4.69) is 53.7 Å². The maximum atomic E-state index is 4.45. The Morgan fingerprint density at radius 3 is 2.37 bits per heavy atom. The third-order valence-electron chi connectivity index (χ3n) is 4.18. The van der Waals surface area contributed by atoms with E-state index in [1.165, 1.54) is 29.7 Å². The molecule has 0 saturated heterocycles. The number of likely N-dealkylation sites (N-methyl/N-ethyl adjacent to an activating group) is 1. The van der Waals surface area contributed by atoms with Gasteiger partial charge in [0.15, 0.2) is 0 Å². The molecular formula is C17H20N2. The Kier molecular flexibility index (Phi) is 3.60. The summed E-state index contributed by atoms with van der Waals surface area (Å²) < 4.78 is 0. The molecule has 0 fully saturated rings. The zero-order valence-electron chi connectivity index (χ0n) is 11.3. The van der Waals surface area contributed by atoms with Crippen molar-refractivity contribution in [3.8, 4) is 0 Å². The van der Waals surface area contributed by atoms with Crippen LogP contribution in [0.15, 0.2) is 48.7 Å². The highest BCUT2D eigenvalue weighted by Crippen LogP contribution is 2.29. The maximum absolute atomic E-state index is 4.45. The van der Waals surface area contributed by atoms with Crippen LogP contribution in [-0.2, 0) is 19.3 Å². The molecule has 2 nitrogen and oxygen atoms in total. The second kappa shape index (κ2) is 5.54. The van der Waals surface area contributed by atoms with Gasteiger partial charge in [-0.25, -0.2) is 0 Å². The Labute approximate surface area is 114 Å². The lowest BCUT2D eigenvalue weighted by Gasteiger charge is -2.22. The van der Waals surface area contributed by atoms with E-state index in [0.29, 0.717) is 12.0 Å². The minimum atomic E-state index is 0.502. The Balaban J connectivity index is 1.71. The van der Waals surface area contributed by atoms with Crippen LogP contribution in [-0.4, -0.2) is 18.1 Å². The molecule has 1 aromatic carbocycles. The molecule has 2 aromatic rings. The fourth-order valence-corrected chi connectivity index (χ4v) is 3.13. The third-order valence-corrected chi connectivity index (χ3v) is 4.18. The number of benzene rings is 1. The minimum Gasteiger partial charge on any atom is -0.316 e. The van der Waals surface area contributed by atoms with E-state index in [0.717, 1.165) is 6.42 Å². The van der Waals surface area contributed by atoms with Crippen molar-refractivity contribution in [3.05, 3.63) is 65.5 Å². The van der Waals surface area contributed by atoms with Crippen molar-refractivity contribution >= 4 is 0 Å². The van der Waals surface area contributed by atoms with Crippen LogP contribution in [0.3, 0.4) is 0 Å². The molecule has 98 valence electrons. The number of rotatable bonds is 4. The first kappa shape index (κ1) is 12.4. The number of pyridine rings is 1. The van der Waals surface area contributed by atoms with Crippen molar-refractivity contribution in [3.63, 3.8) is 0 Å². The largest absolute Gasteiger partial charge is 0.316 e. The van der Waals surface area contributed by atoms with Gasteiger partial charge in [-0.15, -0.1) is 0 Å². The Hall–Kier alpha value is -1.67. The van der Waals surface area contributed by atoms with Crippen molar-refractivity contribution in [1.29, 1.82) is 0 Å². The second-order valence-electron chi connectivity index (χ2n) is 5.36. The standard InChI is InChI=1S/C17H20N2/c1-18-17(12-16-8-4-5-9-19-16)15-10-13-6-2-3-7-14(13)11-15/h2-9,15,17-18H,10-12H2,1H3. The van der Waals surface area contributed by atoms with E-state index in [1.54, 1.807) is 0 Å². The molecule has 3 rings (SSSR count). The van der Waals surface area contributed by atoms with E-state index >= 15 is 0 Å². The van der Waals surface area contributed by atoms with Crippen LogP contribution in [0.2, 0.25) is 0 Å². The van der Waals surface area contributed by atoms with Crippen LogP contribution in [0.5, 0.6) is 0 Å². The molecule has 0 bridgehead atoms. The van der Waals surface area contributed by atoms with Gasteiger partial charge in [0, 0.05) is 24.4 Å². The molecule has 1 aliphatic carbocycles. The summed E-state index contributed by atoms with van der Waals surface area (Å²) in [4.78, 5) is 4.45. The summed E-state index contributed by atoms with van der Waals surface area (Å²) in [6.07, 6.45) is 5.27. The fraction of sp³-hybridized carbons (Fsp3) is 0.353. The molecule has 1 heterocycles. The van der Waals surface area contributed by atoms with Crippen molar-refractivity contribution in [2.24, 2.45) is 5.92 Å². The molecule has 1 N–H and O–H groups in total. The fourth-order valence-electron chi connectivity index (χ4n) is 3.13. The third kappa shape index (κ3) is 2.69. The number of fused-ring (bicyclic) bond motifs is 1. The highest BCUT2D eigenvalue weighted by molar-refractivity contribution is 5.32. The predicted molar refractivity (Wildman–Crippen MR) is 78.1 cm³/mol. The van der Waals surface area contributed by atoms with Gasteiger partial charge in [0.2, 0.25) is 0 Å². The maximum Gasteiger partial charge on any atom is 0.0419 e. The highest BCUT2D eigenvalue weighted by Gasteiger charge is 2.27. The monoisotopic (exact) mass is 252 g/mol. The Morgan fingerprint density at radius 1 is 1.11 bits per heavy atom. The summed E-state index contributed by atoms with van der Waals surface area (Å²) in [6.45, 7) is 0. The Morgan fingerprint density at radius 2 is 1.79 bits per heavy atom. The summed E-state index contributed by atoms with van der Waals surface area (Å²) in [7, 11) is 2.07. The van der Waals surface area contributed by atoms with Crippen molar-refractivity contribution in [2.45, 2.75) is 25.3 Å². The first-order valence-electron chi connectivity index (χ1n) is 7.01. The SMILES string of the molecule is CNC(Cc1ccccn1)C1Cc2ccccc2C1. The van der Waals surface area contributed by atoms with Gasteiger partial charge < -0.3 is 5.32 Å². The van der Waals surface area contributed by atoms with E-state index in [9.17, 15) is 0 Å². The van der Waals surface area contributed by atoms with Crippen LogP contribution in [0, 0.1) is 5.92 Å². The van der Waals surface area contributed by atoms with Gasteiger partial charge in [0.25, 0.3) is 0 Å². The van der Waals surface area contributed by atoms with Gasteiger partial charge >= 0.3 is 0 Å². The van der Waals surface area contributed by atoms with Gasteiger partial charge in [-0.3, -0.25) is 4.98 Å². The molecule has 1 aromatic heterocycles. The summed E-state index contributed by atoms with van der Waals surface area (Å²) in [5, 5.41) is 3.49. The number of aromatic nitrogens is 1. The lowest BCUT2D eigenvalue weighted by Crippen LogP contribution is -2.36. The number of nitrogens with zero attached hydrogens (tertiary/aromatic N) is 1. The van der Waals surface area contributed by atoms with E-state index in [-0.39, 0.29) is 0 Å². The number of hydrogen-bond acceptors (Lipinski definition) is 2. The van der Waals surface area contributed by atoms with Crippen molar-refractivity contribution < 1.29 is 0 Å². The lowest BCUT2D eigenvalue weighted by molar-refractivity contribution is 0.381. The number of nitrogens with one attached hydrogen (secondary N) is 1. The van der Waals surface area contributed by atoms with Crippen LogP contribution < -0.4 is 5.32 Å². The molecule has 0 aliphatic heterocycles. The van der Waals surface area contributed by atoms with Gasteiger partial charge in [0.05, 0.1) is 0 Å². The molecule has 1 unspecified atom stereocenters. The summed E-state index contributed by atoms with van der Waals surface area (Å²) >= 11 is 0. The second-order valence-corrected chi connectivity index (χ2v) is 5.36. The molecule has 1 atom stereocenters. The lowest BCUT2D eigenvalue weighted by atomic mass is 9.93. The molecule has 0 saturated carbocycles. The zero-order valence-corrected chi connectivity index (χ0v) is 11.3. The average molecular weight is 252 g/mol. The first-order chi connectivity index (χ1) is 9.36. The normalized spacial score (nSPS) is 16.3. The molecule has 2 heteroatoms. The van der Waals surface area contributed by atoms with Gasteiger partial charge in [0.1, 0.15) is 0 Å². The average Bonchev–Trinajstić information content (AvgIpc) is 2.89. The van der Waals surface area contributed by atoms with E-state index in [1.807, 2.05) is 12.3 Å². The molecule has 0 spiro atoms. The summed E-state index contributed by atoms with van der Waals surface area (Å²) in [5.41, 5.74) is 4.22. The summed E-state index contributed by atoms with van der Waals surface area (Å²) in [5.74, 6) is 0.685. The van der Waals surface area contributed by atoms with E-state index in [4.69, 9.17) is 0 Å². The molecule has 0 radical (unpaired) electrons. The molecular weight excluding hydrogens is 232 g/mol. The predicted octanol–water partition coefficient (Wildman–Crippen LogP) is 2.63. The Bertz CT molecular complexity index is 511. The molecule has 1 aliphatic rings. The van der Waals surface area contributed by atoms with Crippen LogP contribution in [0.25, 0.3) is 0 Å². The minimum absolute atomic E-state index is 0.502. The molecule has 0 amide bonds. The highest BCUT2D eigenvalue weighted by atomic mass is 14.9. The van der Waals surface area contributed by atoms with Gasteiger partial charge in [-0.05, 0) is 49.1 Å².